The van der Waals surface area contributed by atoms with Crippen molar-refractivity contribution in [2.75, 3.05) is 39.5 Å². The third kappa shape index (κ3) is 5.21. The third-order valence-electron chi connectivity index (χ3n) is 5.51. The molecule has 2 aliphatic heterocycles. The molecule has 0 bridgehead atoms. The topological polar surface area (TPSA) is 46.1 Å². The Morgan fingerprint density at radius 1 is 1.33 bits per heavy atom. The molecule has 0 spiro atoms. The Balaban J connectivity index is 0.00000288. The van der Waals surface area contributed by atoms with Gasteiger partial charge < -0.3 is 19.7 Å². The first kappa shape index (κ1) is 22.0. The molecule has 2 aliphatic rings. The van der Waals surface area contributed by atoms with Gasteiger partial charge in [-0.3, -0.25) is 4.99 Å². The molecular formula is C18H36IN3O2. The van der Waals surface area contributed by atoms with Gasteiger partial charge in [-0.2, -0.15) is 0 Å². The van der Waals surface area contributed by atoms with E-state index in [2.05, 4.69) is 44.8 Å². The van der Waals surface area contributed by atoms with Crippen LogP contribution in [0, 0.1) is 5.41 Å². The van der Waals surface area contributed by atoms with Crippen LogP contribution in [0.5, 0.6) is 0 Å². The minimum Gasteiger partial charge on any atom is -0.379 e. The molecular weight excluding hydrogens is 417 g/mol. The first-order valence-corrected chi connectivity index (χ1v) is 9.14. The molecule has 0 aromatic heterocycles. The van der Waals surface area contributed by atoms with Crippen LogP contribution in [0.4, 0.5) is 0 Å². The van der Waals surface area contributed by atoms with Gasteiger partial charge in [0.15, 0.2) is 5.96 Å². The molecule has 0 amide bonds. The number of ether oxygens (including phenoxy) is 2. The highest BCUT2D eigenvalue weighted by Gasteiger charge is 2.53. The number of aliphatic imine (C=N–C) groups is 1. The minimum atomic E-state index is 0. The fourth-order valence-corrected chi connectivity index (χ4v) is 3.14. The lowest BCUT2D eigenvalue weighted by atomic mass is 9.65. The van der Waals surface area contributed by atoms with E-state index in [-0.39, 0.29) is 29.5 Å². The van der Waals surface area contributed by atoms with E-state index < -0.39 is 0 Å². The molecule has 6 heteroatoms. The fraction of sp³-hybridized carbons (Fsp3) is 0.944. The largest absolute Gasteiger partial charge is 0.379 e. The van der Waals surface area contributed by atoms with Gasteiger partial charge in [-0.25, -0.2) is 0 Å². The van der Waals surface area contributed by atoms with Crippen molar-refractivity contribution in [2.24, 2.45) is 10.4 Å². The van der Waals surface area contributed by atoms with Gasteiger partial charge in [0.1, 0.15) is 0 Å². The third-order valence-corrected chi connectivity index (χ3v) is 5.51. The van der Waals surface area contributed by atoms with Crippen LogP contribution < -0.4 is 5.32 Å². The van der Waals surface area contributed by atoms with E-state index in [4.69, 9.17) is 14.5 Å². The maximum absolute atomic E-state index is 5.71. The second kappa shape index (κ2) is 9.57. The average Bonchev–Trinajstić information content (AvgIpc) is 3.00. The van der Waals surface area contributed by atoms with Crippen molar-refractivity contribution in [1.82, 2.24) is 10.2 Å². The quantitative estimate of drug-likeness (QED) is 0.278. The molecule has 2 fully saturated rings. The molecule has 142 valence electrons. The molecule has 1 unspecified atom stereocenters. The normalized spacial score (nSPS) is 25.1. The summed E-state index contributed by atoms with van der Waals surface area (Å²) in [6.45, 7) is 16.5. The van der Waals surface area contributed by atoms with Crippen molar-refractivity contribution in [3.8, 4) is 0 Å². The molecule has 1 atom stereocenters. The van der Waals surface area contributed by atoms with E-state index in [1.807, 2.05) is 0 Å². The Hall–Kier alpha value is -0.0800. The van der Waals surface area contributed by atoms with Crippen molar-refractivity contribution < 1.29 is 9.47 Å². The number of hydrogen-bond donors (Lipinski definition) is 1. The molecule has 0 aromatic rings. The van der Waals surface area contributed by atoms with Gasteiger partial charge in [-0.1, -0.05) is 13.8 Å². The van der Waals surface area contributed by atoms with Gasteiger partial charge in [0, 0.05) is 43.8 Å². The maximum Gasteiger partial charge on any atom is 0.194 e. The van der Waals surface area contributed by atoms with Gasteiger partial charge in [-0.15, -0.1) is 24.0 Å². The number of hydrogen-bond acceptors (Lipinski definition) is 3. The van der Waals surface area contributed by atoms with Crippen LogP contribution in [0.15, 0.2) is 4.99 Å². The Kier molecular flexibility index (Phi) is 8.76. The minimum absolute atomic E-state index is 0. The van der Waals surface area contributed by atoms with Crippen LogP contribution in [-0.4, -0.2) is 62.0 Å². The highest BCUT2D eigenvalue weighted by molar-refractivity contribution is 14.0. The molecule has 0 saturated carbocycles. The Morgan fingerprint density at radius 3 is 2.62 bits per heavy atom. The highest BCUT2D eigenvalue weighted by atomic mass is 127. The Morgan fingerprint density at radius 2 is 2.08 bits per heavy atom. The van der Waals surface area contributed by atoms with E-state index in [1.54, 1.807) is 0 Å². The lowest BCUT2D eigenvalue weighted by Gasteiger charge is -2.62. The number of nitrogens with one attached hydrogen (secondary N) is 1. The molecule has 2 rings (SSSR count). The van der Waals surface area contributed by atoms with Gasteiger partial charge in [0.25, 0.3) is 0 Å². The second-order valence-corrected chi connectivity index (χ2v) is 7.83. The molecule has 1 N–H and O–H groups in total. The smallest absolute Gasteiger partial charge is 0.194 e. The van der Waals surface area contributed by atoms with Crippen LogP contribution >= 0.6 is 24.0 Å². The Labute approximate surface area is 165 Å². The van der Waals surface area contributed by atoms with Crippen LogP contribution in [0.1, 0.15) is 53.9 Å². The number of rotatable bonds is 7. The average molecular weight is 453 g/mol. The predicted octanol–water partition coefficient (Wildman–Crippen LogP) is 3.28. The summed E-state index contributed by atoms with van der Waals surface area (Å²) in [4.78, 5) is 7.18. The summed E-state index contributed by atoms with van der Waals surface area (Å²) in [6, 6.07) is 0. The van der Waals surface area contributed by atoms with E-state index in [0.29, 0.717) is 11.5 Å². The number of guanidine groups is 1. The molecule has 24 heavy (non-hydrogen) atoms. The molecule has 2 saturated heterocycles. The number of nitrogens with zero attached hydrogens (tertiary/aromatic N) is 2. The lowest BCUT2D eigenvalue weighted by molar-refractivity contribution is -0.0667. The van der Waals surface area contributed by atoms with Crippen molar-refractivity contribution in [1.29, 1.82) is 0 Å². The van der Waals surface area contributed by atoms with Crippen molar-refractivity contribution in [2.45, 2.75) is 65.5 Å². The first-order chi connectivity index (χ1) is 10.9. The predicted molar refractivity (Wildman–Crippen MR) is 110 cm³/mol. The summed E-state index contributed by atoms with van der Waals surface area (Å²) in [6.07, 6.45) is 3.59. The molecule has 2 heterocycles. The number of likely N-dealkylation sites (tertiary alicyclic amines) is 1. The monoisotopic (exact) mass is 453 g/mol. The lowest BCUT2D eigenvalue weighted by Crippen LogP contribution is -2.72. The standard InChI is InChI=1S/C18H35N3O2.HI/c1-6-19-16(21-14-17(2,3)18(21,4)5)20-10-8-11-22-13-15-9-7-12-23-15;/h15H,6-14H2,1-5H3,(H,19,20);1H. The summed E-state index contributed by atoms with van der Waals surface area (Å²) in [7, 11) is 0. The SMILES string of the molecule is CCNC(=NCCCOCC1CCCO1)N1CC(C)(C)C1(C)C.I. The second-order valence-electron chi connectivity index (χ2n) is 7.83. The van der Waals surface area contributed by atoms with Gasteiger partial charge in [0.2, 0.25) is 0 Å². The summed E-state index contributed by atoms with van der Waals surface area (Å²) in [5, 5.41) is 3.43. The maximum atomic E-state index is 5.71. The summed E-state index contributed by atoms with van der Waals surface area (Å²) < 4.78 is 11.3. The zero-order chi connectivity index (χ0) is 16.9. The van der Waals surface area contributed by atoms with Crippen molar-refractivity contribution in [3.05, 3.63) is 0 Å². The first-order valence-electron chi connectivity index (χ1n) is 9.14. The van der Waals surface area contributed by atoms with Crippen LogP contribution in [0.3, 0.4) is 0 Å². The van der Waals surface area contributed by atoms with Crippen LogP contribution in [-0.2, 0) is 9.47 Å². The highest BCUT2D eigenvalue weighted by Crippen LogP contribution is 2.46. The molecule has 0 aliphatic carbocycles. The van der Waals surface area contributed by atoms with Crippen LogP contribution in [0.25, 0.3) is 0 Å². The van der Waals surface area contributed by atoms with E-state index in [0.717, 1.165) is 58.3 Å². The van der Waals surface area contributed by atoms with Gasteiger partial charge >= 0.3 is 0 Å². The van der Waals surface area contributed by atoms with E-state index in [9.17, 15) is 0 Å². The van der Waals surface area contributed by atoms with Gasteiger partial charge in [0.05, 0.1) is 12.7 Å². The molecule has 5 nitrogen and oxygen atoms in total. The number of halogens is 1. The van der Waals surface area contributed by atoms with E-state index in [1.165, 1.54) is 6.42 Å². The van der Waals surface area contributed by atoms with Gasteiger partial charge in [-0.05, 0) is 40.0 Å². The van der Waals surface area contributed by atoms with Crippen molar-refractivity contribution in [3.63, 3.8) is 0 Å². The molecule has 0 aromatic carbocycles. The molecule has 0 radical (unpaired) electrons. The summed E-state index contributed by atoms with van der Waals surface area (Å²) >= 11 is 0. The summed E-state index contributed by atoms with van der Waals surface area (Å²) in [5.74, 6) is 1.04. The van der Waals surface area contributed by atoms with E-state index >= 15 is 0 Å². The zero-order valence-electron chi connectivity index (χ0n) is 16.1. The Bertz CT molecular complexity index is 407. The van der Waals surface area contributed by atoms with Crippen molar-refractivity contribution >= 4 is 29.9 Å². The van der Waals surface area contributed by atoms with Crippen LogP contribution in [0.2, 0.25) is 0 Å². The fourth-order valence-electron chi connectivity index (χ4n) is 3.14. The zero-order valence-corrected chi connectivity index (χ0v) is 18.4. The summed E-state index contributed by atoms with van der Waals surface area (Å²) in [5.41, 5.74) is 0.470.